The topological polar surface area (TPSA) is 26.3 Å². The third-order valence-corrected chi connectivity index (χ3v) is 4.29. The zero-order valence-electron chi connectivity index (χ0n) is 8.32. The molecular formula is C11H13BrO2S. The summed E-state index contributed by atoms with van der Waals surface area (Å²) in [6.07, 6.45) is 3.30. The number of Topliss-reactive ketones (excluding diaryl/α,β-unsaturated/α-hetero) is 1. The van der Waals surface area contributed by atoms with E-state index in [9.17, 15) is 4.79 Å². The van der Waals surface area contributed by atoms with E-state index in [4.69, 9.17) is 4.74 Å². The molecule has 0 radical (unpaired) electrons. The lowest BCUT2D eigenvalue weighted by Crippen LogP contribution is -2.33. The molecule has 0 N–H and O–H groups in total. The molecule has 1 aromatic heterocycles. The third-order valence-electron chi connectivity index (χ3n) is 2.60. The maximum absolute atomic E-state index is 12.0. The summed E-state index contributed by atoms with van der Waals surface area (Å²) >= 11 is 5.01. The number of hydrogen-bond acceptors (Lipinski definition) is 3. The van der Waals surface area contributed by atoms with E-state index in [1.807, 2.05) is 16.8 Å². The van der Waals surface area contributed by atoms with Gasteiger partial charge in [0.25, 0.3) is 0 Å². The number of thiophene rings is 1. The number of halogens is 1. The molecule has 0 aromatic carbocycles. The Morgan fingerprint density at radius 3 is 3.07 bits per heavy atom. The minimum atomic E-state index is -0.188. The number of ether oxygens (including phenoxy) is 1. The molecule has 2 nitrogen and oxygen atoms in total. The number of alkyl halides is 1. The number of carbonyl (C=O) groups excluding carboxylic acids is 1. The Bertz CT molecular complexity index is 317. The van der Waals surface area contributed by atoms with Crippen LogP contribution in [0.4, 0.5) is 0 Å². The van der Waals surface area contributed by atoms with Gasteiger partial charge in [0.2, 0.25) is 0 Å². The SMILES string of the molecule is O=C(c1ccsc1)[C@H](Br)[C@H]1CCCCO1. The first-order valence-corrected chi connectivity index (χ1v) is 6.97. The van der Waals surface area contributed by atoms with Crippen LogP contribution in [0.3, 0.4) is 0 Å². The molecule has 82 valence electrons. The van der Waals surface area contributed by atoms with Gasteiger partial charge >= 0.3 is 0 Å². The predicted molar refractivity (Wildman–Crippen MR) is 65.0 cm³/mol. The molecule has 0 aliphatic carbocycles. The summed E-state index contributed by atoms with van der Waals surface area (Å²) in [6, 6.07) is 1.87. The van der Waals surface area contributed by atoms with E-state index in [1.54, 1.807) is 11.3 Å². The summed E-state index contributed by atoms with van der Waals surface area (Å²) < 4.78 is 5.59. The lowest BCUT2D eigenvalue weighted by molar-refractivity contribution is 0.0173. The van der Waals surface area contributed by atoms with Crippen LogP contribution in [0.5, 0.6) is 0 Å². The van der Waals surface area contributed by atoms with Crippen LogP contribution in [0.2, 0.25) is 0 Å². The lowest BCUT2D eigenvalue weighted by atomic mass is 10.0. The maximum Gasteiger partial charge on any atom is 0.179 e. The number of carbonyl (C=O) groups is 1. The minimum Gasteiger partial charge on any atom is -0.377 e. The summed E-state index contributed by atoms with van der Waals surface area (Å²) in [7, 11) is 0. The van der Waals surface area contributed by atoms with Gasteiger partial charge in [-0.2, -0.15) is 11.3 Å². The zero-order chi connectivity index (χ0) is 10.7. The van der Waals surface area contributed by atoms with E-state index in [-0.39, 0.29) is 16.7 Å². The van der Waals surface area contributed by atoms with Gasteiger partial charge < -0.3 is 4.74 Å². The summed E-state index contributed by atoms with van der Waals surface area (Å²) in [5.74, 6) is 0.142. The zero-order valence-corrected chi connectivity index (χ0v) is 10.7. The highest BCUT2D eigenvalue weighted by Gasteiger charge is 2.28. The van der Waals surface area contributed by atoms with Crippen LogP contribution in [0.25, 0.3) is 0 Å². The molecule has 15 heavy (non-hydrogen) atoms. The second-order valence-corrected chi connectivity index (χ2v) is 5.45. The van der Waals surface area contributed by atoms with Crippen molar-refractivity contribution in [3.05, 3.63) is 22.4 Å². The highest BCUT2D eigenvalue weighted by Crippen LogP contribution is 2.24. The Kier molecular flexibility index (Phi) is 3.94. The first kappa shape index (κ1) is 11.3. The van der Waals surface area contributed by atoms with E-state index in [0.717, 1.165) is 31.4 Å². The van der Waals surface area contributed by atoms with Gasteiger partial charge in [-0.3, -0.25) is 4.79 Å². The van der Waals surface area contributed by atoms with E-state index in [0.29, 0.717) is 0 Å². The highest BCUT2D eigenvalue weighted by molar-refractivity contribution is 9.10. The van der Waals surface area contributed by atoms with Crippen molar-refractivity contribution in [2.24, 2.45) is 0 Å². The smallest absolute Gasteiger partial charge is 0.179 e. The molecule has 1 saturated heterocycles. The van der Waals surface area contributed by atoms with Crippen LogP contribution in [-0.2, 0) is 4.74 Å². The summed E-state index contributed by atoms with van der Waals surface area (Å²) in [5.41, 5.74) is 0.788. The van der Waals surface area contributed by atoms with E-state index >= 15 is 0 Å². The van der Waals surface area contributed by atoms with E-state index < -0.39 is 0 Å². The fraction of sp³-hybridized carbons (Fsp3) is 0.545. The largest absolute Gasteiger partial charge is 0.377 e. The monoisotopic (exact) mass is 288 g/mol. The molecule has 0 amide bonds. The van der Waals surface area contributed by atoms with E-state index in [2.05, 4.69) is 15.9 Å². The number of hydrogen-bond donors (Lipinski definition) is 0. The molecular weight excluding hydrogens is 276 g/mol. The van der Waals surface area contributed by atoms with Gasteiger partial charge in [-0.1, -0.05) is 15.9 Å². The van der Waals surface area contributed by atoms with Crippen molar-refractivity contribution in [2.45, 2.75) is 30.2 Å². The van der Waals surface area contributed by atoms with Crippen molar-refractivity contribution in [1.82, 2.24) is 0 Å². The molecule has 1 fully saturated rings. The van der Waals surface area contributed by atoms with Crippen molar-refractivity contribution >= 4 is 33.0 Å². The van der Waals surface area contributed by atoms with Crippen molar-refractivity contribution in [3.8, 4) is 0 Å². The molecule has 0 unspecified atom stereocenters. The molecule has 0 saturated carbocycles. The van der Waals surface area contributed by atoms with Crippen molar-refractivity contribution in [3.63, 3.8) is 0 Å². The molecule has 1 aromatic rings. The summed E-state index contributed by atoms with van der Waals surface area (Å²) in [6.45, 7) is 0.781. The second-order valence-electron chi connectivity index (χ2n) is 3.68. The predicted octanol–water partition coefficient (Wildman–Crippen LogP) is 3.26. The van der Waals surface area contributed by atoms with Crippen LogP contribution < -0.4 is 0 Å². The second kappa shape index (κ2) is 5.23. The molecule has 1 aliphatic heterocycles. The van der Waals surface area contributed by atoms with Crippen LogP contribution in [0, 0.1) is 0 Å². The Labute approximate surface area is 102 Å². The molecule has 2 rings (SSSR count). The molecule has 1 aliphatic rings. The van der Waals surface area contributed by atoms with Gasteiger partial charge in [0, 0.05) is 17.6 Å². The fourth-order valence-electron chi connectivity index (χ4n) is 1.73. The first-order valence-electron chi connectivity index (χ1n) is 5.11. The van der Waals surface area contributed by atoms with Gasteiger partial charge in [-0.15, -0.1) is 0 Å². The summed E-state index contributed by atoms with van der Waals surface area (Å²) in [5, 5.41) is 3.81. The molecule has 2 atom stereocenters. The molecule has 0 bridgehead atoms. The fourth-order valence-corrected chi connectivity index (χ4v) is 3.06. The summed E-state index contributed by atoms with van der Waals surface area (Å²) in [4.78, 5) is 11.8. The van der Waals surface area contributed by atoms with Crippen LogP contribution in [-0.4, -0.2) is 23.3 Å². The minimum absolute atomic E-state index is 0.0474. The highest BCUT2D eigenvalue weighted by atomic mass is 79.9. The quantitative estimate of drug-likeness (QED) is 0.630. The molecule has 2 heterocycles. The molecule has 4 heteroatoms. The van der Waals surface area contributed by atoms with Crippen molar-refractivity contribution < 1.29 is 9.53 Å². The van der Waals surface area contributed by atoms with E-state index in [1.165, 1.54) is 0 Å². The standard InChI is InChI=1S/C11H13BrO2S/c12-10(9-3-1-2-5-14-9)11(13)8-4-6-15-7-8/h4,6-7,9-10H,1-3,5H2/t9-,10-/m1/s1. The number of rotatable bonds is 3. The van der Waals surface area contributed by atoms with Gasteiger partial charge in [-0.25, -0.2) is 0 Å². The maximum atomic E-state index is 12.0. The van der Waals surface area contributed by atoms with Crippen molar-refractivity contribution in [1.29, 1.82) is 0 Å². The van der Waals surface area contributed by atoms with Crippen LogP contribution in [0.15, 0.2) is 16.8 Å². The Morgan fingerprint density at radius 1 is 1.60 bits per heavy atom. The van der Waals surface area contributed by atoms with Gasteiger partial charge in [-0.05, 0) is 30.7 Å². The van der Waals surface area contributed by atoms with Crippen molar-refractivity contribution in [2.75, 3.05) is 6.61 Å². The molecule has 0 spiro atoms. The Morgan fingerprint density at radius 2 is 2.47 bits per heavy atom. The first-order chi connectivity index (χ1) is 7.29. The average molecular weight is 289 g/mol. The van der Waals surface area contributed by atoms with Crippen LogP contribution >= 0.6 is 27.3 Å². The number of ketones is 1. The van der Waals surface area contributed by atoms with Gasteiger partial charge in [0.05, 0.1) is 6.10 Å². The Hall–Kier alpha value is -0.190. The third kappa shape index (κ3) is 2.68. The average Bonchev–Trinajstić information content (AvgIpc) is 2.82. The Balaban J connectivity index is 2.00. The van der Waals surface area contributed by atoms with Gasteiger partial charge in [0.1, 0.15) is 4.83 Å². The lowest BCUT2D eigenvalue weighted by Gasteiger charge is -2.25. The normalized spacial score (nSPS) is 23.7. The van der Waals surface area contributed by atoms with Gasteiger partial charge in [0.15, 0.2) is 5.78 Å². The van der Waals surface area contributed by atoms with Crippen LogP contribution in [0.1, 0.15) is 29.6 Å².